The molecule has 0 amide bonds. The van der Waals surface area contributed by atoms with Crippen LogP contribution in [0.3, 0.4) is 0 Å². The lowest BCUT2D eigenvalue weighted by Gasteiger charge is -2.06. The molecule has 1 aromatic carbocycles. The first-order valence-electron chi connectivity index (χ1n) is 6.65. The molecule has 1 aromatic rings. The van der Waals surface area contributed by atoms with Crippen LogP contribution in [0, 0.1) is 0 Å². The van der Waals surface area contributed by atoms with Crippen molar-refractivity contribution in [2.75, 3.05) is 26.2 Å². The molecule has 17 heavy (non-hydrogen) atoms. The van der Waals surface area contributed by atoms with Gasteiger partial charge in [-0.05, 0) is 50.1 Å². The van der Waals surface area contributed by atoms with Crippen LogP contribution in [0.25, 0.3) is 0 Å². The highest BCUT2D eigenvalue weighted by atomic mass is 14.9. The lowest BCUT2D eigenvalue weighted by molar-refractivity contribution is 0.567. The zero-order valence-corrected chi connectivity index (χ0v) is 10.5. The van der Waals surface area contributed by atoms with E-state index in [-0.39, 0.29) is 0 Å². The zero-order valence-electron chi connectivity index (χ0n) is 10.5. The van der Waals surface area contributed by atoms with E-state index in [0.717, 1.165) is 39.3 Å². The largest absolute Gasteiger partial charge is 0.317 e. The van der Waals surface area contributed by atoms with Gasteiger partial charge in [-0.3, -0.25) is 0 Å². The number of fused-ring (bicyclic) bond motifs is 12. The maximum Gasteiger partial charge on any atom is 0.0205 e. The number of benzene rings is 1. The third-order valence-corrected chi connectivity index (χ3v) is 3.10. The fourth-order valence-electron chi connectivity index (χ4n) is 2.04. The lowest BCUT2D eigenvalue weighted by atomic mass is 10.1. The van der Waals surface area contributed by atoms with Gasteiger partial charge in [0.15, 0.2) is 0 Å². The van der Waals surface area contributed by atoms with E-state index in [2.05, 4.69) is 40.2 Å². The first-order valence-corrected chi connectivity index (χ1v) is 6.65. The molecular formula is C14H23N3. The fraction of sp³-hybridized carbons (Fsp3) is 0.571. The van der Waals surface area contributed by atoms with Gasteiger partial charge in [0.2, 0.25) is 0 Å². The van der Waals surface area contributed by atoms with Crippen LogP contribution in [-0.4, -0.2) is 26.2 Å². The molecule has 2 aliphatic heterocycles. The van der Waals surface area contributed by atoms with Crippen LogP contribution in [0.5, 0.6) is 0 Å². The summed E-state index contributed by atoms with van der Waals surface area (Å²) in [4.78, 5) is 0. The van der Waals surface area contributed by atoms with E-state index in [0.29, 0.717) is 0 Å². The summed E-state index contributed by atoms with van der Waals surface area (Å²) in [6, 6.07) is 8.90. The number of rotatable bonds is 0. The Bertz CT molecular complexity index is 277. The van der Waals surface area contributed by atoms with E-state index >= 15 is 0 Å². The molecular weight excluding hydrogens is 210 g/mol. The van der Waals surface area contributed by atoms with Crippen molar-refractivity contribution in [2.24, 2.45) is 0 Å². The first-order chi connectivity index (χ1) is 8.45. The van der Waals surface area contributed by atoms with Gasteiger partial charge in [-0.15, -0.1) is 0 Å². The molecule has 0 radical (unpaired) electrons. The molecule has 3 nitrogen and oxygen atoms in total. The number of nitrogens with one attached hydrogen (secondary N) is 3. The quantitative estimate of drug-likeness (QED) is 0.631. The summed E-state index contributed by atoms with van der Waals surface area (Å²) < 4.78 is 0. The molecule has 0 fully saturated rings. The molecule has 0 aliphatic carbocycles. The molecule has 0 saturated heterocycles. The first kappa shape index (κ1) is 12.6. The van der Waals surface area contributed by atoms with Crippen LogP contribution in [-0.2, 0) is 13.1 Å². The van der Waals surface area contributed by atoms with Crippen molar-refractivity contribution in [1.82, 2.24) is 16.0 Å². The van der Waals surface area contributed by atoms with Gasteiger partial charge in [0.05, 0.1) is 0 Å². The molecule has 2 heterocycles. The summed E-state index contributed by atoms with van der Waals surface area (Å²) in [5.74, 6) is 0. The van der Waals surface area contributed by atoms with Crippen LogP contribution < -0.4 is 16.0 Å². The van der Waals surface area contributed by atoms with Gasteiger partial charge in [-0.2, -0.15) is 0 Å². The van der Waals surface area contributed by atoms with Crippen molar-refractivity contribution in [3.05, 3.63) is 35.4 Å². The fourth-order valence-corrected chi connectivity index (χ4v) is 2.04. The third-order valence-electron chi connectivity index (χ3n) is 3.10. The van der Waals surface area contributed by atoms with E-state index < -0.39 is 0 Å². The SMILES string of the molecule is c1cc2ccc1CNCCCNCCCNC2. The normalized spacial score (nSPS) is 19.5. The molecule has 0 atom stereocenters. The smallest absolute Gasteiger partial charge is 0.0205 e. The van der Waals surface area contributed by atoms with Crippen LogP contribution in [0.2, 0.25) is 0 Å². The van der Waals surface area contributed by atoms with Gasteiger partial charge in [-0.1, -0.05) is 24.3 Å². The van der Waals surface area contributed by atoms with Gasteiger partial charge in [-0.25, -0.2) is 0 Å². The molecule has 0 unspecified atom stereocenters. The monoisotopic (exact) mass is 233 g/mol. The van der Waals surface area contributed by atoms with Crippen molar-refractivity contribution in [3.63, 3.8) is 0 Å². The molecule has 3 N–H and O–H groups in total. The molecule has 0 spiro atoms. The van der Waals surface area contributed by atoms with Crippen molar-refractivity contribution in [3.8, 4) is 0 Å². The summed E-state index contributed by atoms with van der Waals surface area (Å²) in [7, 11) is 0. The van der Waals surface area contributed by atoms with Gasteiger partial charge >= 0.3 is 0 Å². The second-order valence-corrected chi connectivity index (χ2v) is 4.63. The molecule has 2 bridgehead atoms. The minimum Gasteiger partial charge on any atom is -0.317 e. The van der Waals surface area contributed by atoms with Crippen molar-refractivity contribution in [1.29, 1.82) is 0 Å². The predicted molar refractivity (Wildman–Crippen MR) is 72.0 cm³/mol. The average Bonchev–Trinajstić information content (AvgIpc) is 2.38. The average molecular weight is 233 g/mol. The summed E-state index contributed by atoms with van der Waals surface area (Å²) in [5.41, 5.74) is 2.74. The summed E-state index contributed by atoms with van der Waals surface area (Å²) in [6.07, 6.45) is 2.40. The highest BCUT2D eigenvalue weighted by molar-refractivity contribution is 5.22. The van der Waals surface area contributed by atoms with Crippen molar-refractivity contribution < 1.29 is 0 Å². The summed E-state index contributed by atoms with van der Waals surface area (Å²) in [5, 5.41) is 10.4. The lowest BCUT2D eigenvalue weighted by Crippen LogP contribution is -2.24. The standard InChI is InChI=1S/C14H23N3/c1-7-15-8-2-10-17-12-14-5-3-13(4-6-14)11-16-9-1/h3-6,15-17H,1-2,7-12H2. The molecule has 0 saturated carbocycles. The minimum absolute atomic E-state index is 0.980. The molecule has 0 aromatic heterocycles. The highest BCUT2D eigenvalue weighted by Gasteiger charge is 1.97. The third kappa shape index (κ3) is 4.86. The maximum absolute atomic E-state index is 3.48. The highest BCUT2D eigenvalue weighted by Crippen LogP contribution is 2.04. The second-order valence-electron chi connectivity index (χ2n) is 4.63. The molecule has 2 aliphatic rings. The van der Waals surface area contributed by atoms with Gasteiger partial charge in [0.25, 0.3) is 0 Å². The van der Waals surface area contributed by atoms with Crippen molar-refractivity contribution >= 4 is 0 Å². The number of hydrogen-bond donors (Lipinski definition) is 3. The maximum atomic E-state index is 3.48. The van der Waals surface area contributed by atoms with E-state index in [1.54, 1.807) is 0 Å². The van der Waals surface area contributed by atoms with E-state index in [1.165, 1.54) is 24.0 Å². The Kier molecular flexibility index (Phi) is 5.49. The van der Waals surface area contributed by atoms with Crippen LogP contribution >= 0.6 is 0 Å². The molecule has 3 heteroatoms. The topological polar surface area (TPSA) is 36.1 Å². The second kappa shape index (κ2) is 7.43. The van der Waals surface area contributed by atoms with Gasteiger partial charge in [0, 0.05) is 13.1 Å². The van der Waals surface area contributed by atoms with Crippen LogP contribution in [0.4, 0.5) is 0 Å². The molecule has 3 rings (SSSR count). The minimum atomic E-state index is 0.980. The zero-order chi connectivity index (χ0) is 11.8. The predicted octanol–water partition coefficient (Wildman–Crippen LogP) is 1.25. The Morgan fingerprint density at radius 1 is 0.588 bits per heavy atom. The van der Waals surface area contributed by atoms with Crippen LogP contribution in [0.15, 0.2) is 24.3 Å². The Hall–Kier alpha value is -0.900. The summed E-state index contributed by atoms with van der Waals surface area (Å²) >= 11 is 0. The van der Waals surface area contributed by atoms with Crippen LogP contribution in [0.1, 0.15) is 24.0 Å². The van der Waals surface area contributed by atoms with E-state index in [9.17, 15) is 0 Å². The Balaban J connectivity index is 1.88. The summed E-state index contributed by atoms with van der Waals surface area (Å²) in [6.45, 7) is 6.37. The Morgan fingerprint density at radius 3 is 1.47 bits per heavy atom. The Labute approximate surface area is 104 Å². The van der Waals surface area contributed by atoms with E-state index in [1.807, 2.05) is 0 Å². The molecule has 94 valence electrons. The van der Waals surface area contributed by atoms with E-state index in [4.69, 9.17) is 0 Å². The van der Waals surface area contributed by atoms with Crippen molar-refractivity contribution in [2.45, 2.75) is 25.9 Å². The van der Waals surface area contributed by atoms with Gasteiger partial charge in [0.1, 0.15) is 0 Å². The number of hydrogen-bond acceptors (Lipinski definition) is 3. The Morgan fingerprint density at radius 2 is 1.00 bits per heavy atom. The van der Waals surface area contributed by atoms with Gasteiger partial charge < -0.3 is 16.0 Å².